The number of sulfone groups is 1. The predicted octanol–water partition coefficient (Wildman–Crippen LogP) is 2.42. The number of benzene rings is 1. The summed E-state index contributed by atoms with van der Waals surface area (Å²) in [5.41, 5.74) is 1.28. The van der Waals surface area contributed by atoms with Crippen LogP contribution in [0.4, 0.5) is 0 Å². The molecule has 2 heterocycles. The van der Waals surface area contributed by atoms with Crippen LogP contribution in [0.2, 0.25) is 0 Å². The lowest BCUT2D eigenvalue weighted by molar-refractivity contribution is 0.0981. The molecule has 1 saturated heterocycles. The zero-order valence-corrected chi connectivity index (χ0v) is 15.3. The Bertz CT molecular complexity index is 885. The first-order valence-corrected chi connectivity index (χ1v) is 10.2. The van der Waals surface area contributed by atoms with Gasteiger partial charge in [0.25, 0.3) is 4.84 Å². The lowest BCUT2D eigenvalue weighted by Gasteiger charge is -2.31. The maximum absolute atomic E-state index is 12.1. The Balaban J connectivity index is 1.96. The standard InChI is InChI=1S/C16H22N2O4S2/c1-2-24(20,21)13-5-6-15-14(8-13)18(16(23)22-15)11-17-7-3-4-12(9-17)10-19/h5-6,8,12,19H,2-4,7,9-11H2,1H3. The van der Waals surface area contributed by atoms with E-state index in [-0.39, 0.29) is 23.2 Å². The first-order valence-electron chi connectivity index (χ1n) is 8.14. The topological polar surface area (TPSA) is 75.7 Å². The van der Waals surface area contributed by atoms with Gasteiger partial charge in [0.2, 0.25) is 0 Å². The van der Waals surface area contributed by atoms with Crippen molar-refractivity contribution >= 4 is 33.2 Å². The van der Waals surface area contributed by atoms with Crippen LogP contribution in [0.5, 0.6) is 0 Å². The van der Waals surface area contributed by atoms with Crippen LogP contribution in [0.1, 0.15) is 19.8 Å². The van der Waals surface area contributed by atoms with E-state index < -0.39 is 9.84 Å². The molecule has 1 aromatic heterocycles. The van der Waals surface area contributed by atoms with Crippen LogP contribution >= 0.6 is 12.2 Å². The molecule has 0 aliphatic carbocycles. The van der Waals surface area contributed by atoms with E-state index in [1.54, 1.807) is 25.1 Å². The maximum Gasteiger partial charge on any atom is 0.270 e. The molecule has 0 amide bonds. The maximum atomic E-state index is 12.1. The molecule has 1 aliphatic rings. The van der Waals surface area contributed by atoms with Gasteiger partial charge in [0, 0.05) is 13.2 Å². The van der Waals surface area contributed by atoms with E-state index >= 15 is 0 Å². The largest absolute Gasteiger partial charge is 0.429 e. The summed E-state index contributed by atoms with van der Waals surface area (Å²) in [4.78, 5) is 2.84. The number of aromatic nitrogens is 1. The molecule has 1 aromatic carbocycles. The summed E-state index contributed by atoms with van der Waals surface area (Å²) >= 11 is 5.32. The second kappa shape index (κ2) is 6.95. The van der Waals surface area contributed by atoms with Crippen LogP contribution in [-0.4, -0.2) is 48.4 Å². The smallest absolute Gasteiger partial charge is 0.270 e. The monoisotopic (exact) mass is 370 g/mol. The molecule has 6 nitrogen and oxygen atoms in total. The second-order valence-electron chi connectivity index (χ2n) is 6.24. The molecule has 1 fully saturated rings. The van der Waals surface area contributed by atoms with Crippen molar-refractivity contribution in [3.63, 3.8) is 0 Å². The normalized spacial score (nSPS) is 19.8. The summed E-state index contributed by atoms with van der Waals surface area (Å²) in [6, 6.07) is 4.87. The van der Waals surface area contributed by atoms with Gasteiger partial charge in [-0.1, -0.05) is 6.92 Å². The Morgan fingerprint density at radius 2 is 2.21 bits per heavy atom. The van der Waals surface area contributed by atoms with Crippen molar-refractivity contribution in [2.24, 2.45) is 5.92 Å². The Morgan fingerprint density at radius 1 is 1.42 bits per heavy atom. The third kappa shape index (κ3) is 3.42. The van der Waals surface area contributed by atoms with E-state index in [1.807, 2.05) is 4.57 Å². The molecule has 0 radical (unpaired) electrons. The fourth-order valence-electron chi connectivity index (χ4n) is 3.16. The number of piperidine rings is 1. The number of aliphatic hydroxyl groups is 1. The van der Waals surface area contributed by atoms with E-state index in [9.17, 15) is 13.5 Å². The average Bonchev–Trinajstić information content (AvgIpc) is 2.90. The molecule has 2 aromatic rings. The van der Waals surface area contributed by atoms with Crippen LogP contribution in [0.25, 0.3) is 11.1 Å². The SMILES string of the molecule is CCS(=O)(=O)c1ccc2oc(=S)n(CN3CCCC(CO)C3)c2c1. The Kier molecular flexibility index (Phi) is 5.10. The van der Waals surface area contributed by atoms with Gasteiger partial charge in [-0.3, -0.25) is 9.47 Å². The highest BCUT2D eigenvalue weighted by Crippen LogP contribution is 2.24. The Labute approximate surface area is 146 Å². The molecule has 0 bridgehead atoms. The summed E-state index contributed by atoms with van der Waals surface area (Å²) in [5, 5.41) is 9.38. The molecular weight excluding hydrogens is 348 g/mol. The number of hydrogen-bond acceptors (Lipinski definition) is 6. The lowest BCUT2D eigenvalue weighted by atomic mass is 9.99. The van der Waals surface area contributed by atoms with E-state index in [0.29, 0.717) is 22.6 Å². The number of nitrogens with zero attached hydrogens (tertiary/aromatic N) is 2. The van der Waals surface area contributed by atoms with Crippen molar-refractivity contribution in [2.75, 3.05) is 25.4 Å². The lowest BCUT2D eigenvalue weighted by Crippen LogP contribution is -2.37. The van der Waals surface area contributed by atoms with Crippen molar-refractivity contribution in [3.05, 3.63) is 23.0 Å². The molecule has 24 heavy (non-hydrogen) atoms. The zero-order chi connectivity index (χ0) is 17.3. The minimum absolute atomic E-state index is 0.0569. The van der Waals surface area contributed by atoms with Crippen molar-refractivity contribution in [1.82, 2.24) is 9.47 Å². The minimum atomic E-state index is -3.28. The van der Waals surface area contributed by atoms with Gasteiger partial charge < -0.3 is 9.52 Å². The van der Waals surface area contributed by atoms with Crippen LogP contribution in [0, 0.1) is 10.8 Å². The van der Waals surface area contributed by atoms with Crippen molar-refractivity contribution in [3.8, 4) is 0 Å². The highest BCUT2D eigenvalue weighted by Gasteiger charge is 2.21. The average molecular weight is 370 g/mol. The summed E-state index contributed by atoms with van der Waals surface area (Å²) in [5.74, 6) is 0.337. The van der Waals surface area contributed by atoms with Gasteiger partial charge in [0.15, 0.2) is 15.4 Å². The molecule has 0 spiro atoms. The minimum Gasteiger partial charge on any atom is -0.429 e. The third-order valence-corrected chi connectivity index (χ3v) is 6.62. The highest BCUT2D eigenvalue weighted by molar-refractivity contribution is 7.91. The predicted molar refractivity (Wildman–Crippen MR) is 94.1 cm³/mol. The van der Waals surface area contributed by atoms with Crippen molar-refractivity contribution in [2.45, 2.75) is 31.3 Å². The molecule has 1 N–H and O–H groups in total. The Morgan fingerprint density at radius 3 is 2.92 bits per heavy atom. The molecule has 3 rings (SSSR count). The fraction of sp³-hybridized carbons (Fsp3) is 0.562. The summed E-state index contributed by atoms with van der Waals surface area (Å²) in [7, 11) is -3.28. The number of aliphatic hydroxyl groups excluding tert-OH is 1. The first kappa shape index (κ1) is 17.6. The van der Waals surface area contributed by atoms with Gasteiger partial charge >= 0.3 is 0 Å². The van der Waals surface area contributed by atoms with Crippen LogP contribution in [-0.2, 0) is 16.5 Å². The number of likely N-dealkylation sites (tertiary alicyclic amines) is 1. The van der Waals surface area contributed by atoms with E-state index in [0.717, 1.165) is 25.9 Å². The van der Waals surface area contributed by atoms with Gasteiger partial charge in [-0.05, 0) is 55.7 Å². The zero-order valence-electron chi connectivity index (χ0n) is 13.6. The molecule has 1 atom stereocenters. The number of fused-ring (bicyclic) bond motifs is 1. The number of oxazole rings is 1. The quantitative estimate of drug-likeness (QED) is 0.815. The van der Waals surface area contributed by atoms with E-state index in [1.165, 1.54) is 0 Å². The first-order chi connectivity index (χ1) is 11.4. The molecule has 1 unspecified atom stereocenters. The molecule has 132 valence electrons. The number of hydrogen-bond donors (Lipinski definition) is 1. The van der Waals surface area contributed by atoms with Gasteiger partial charge in [0.1, 0.15) is 0 Å². The molecule has 1 aliphatic heterocycles. The van der Waals surface area contributed by atoms with Crippen LogP contribution < -0.4 is 0 Å². The van der Waals surface area contributed by atoms with E-state index in [2.05, 4.69) is 4.90 Å². The number of rotatable bonds is 5. The van der Waals surface area contributed by atoms with Crippen molar-refractivity contribution < 1.29 is 17.9 Å². The van der Waals surface area contributed by atoms with Crippen molar-refractivity contribution in [1.29, 1.82) is 0 Å². The van der Waals surface area contributed by atoms with Gasteiger partial charge in [-0.15, -0.1) is 0 Å². The van der Waals surface area contributed by atoms with Crippen LogP contribution in [0.3, 0.4) is 0 Å². The third-order valence-electron chi connectivity index (χ3n) is 4.58. The van der Waals surface area contributed by atoms with Gasteiger partial charge in [-0.25, -0.2) is 8.42 Å². The molecule has 0 saturated carbocycles. The van der Waals surface area contributed by atoms with Gasteiger partial charge in [0.05, 0.1) is 22.8 Å². The van der Waals surface area contributed by atoms with E-state index in [4.69, 9.17) is 16.6 Å². The van der Waals surface area contributed by atoms with Gasteiger partial charge in [-0.2, -0.15) is 0 Å². The second-order valence-corrected chi connectivity index (χ2v) is 8.87. The Hall–Kier alpha value is -1.22. The van der Waals surface area contributed by atoms with Crippen LogP contribution in [0.15, 0.2) is 27.5 Å². The summed E-state index contributed by atoms with van der Waals surface area (Å²) < 4.78 is 31.7. The molecular formula is C16H22N2O4S2. The summed E-state index contributed by atoms with van der Waals surface area (Å²) in [6.07, 6.45) is 2.06. The highest BCUT2D eigenvalue weighted by atomic mass is 32.2. The summed E-state index contributed by atoms with van der Waals surface area (Å²) in [6.45, 7) is 4.09. The fourth-order valence-corrected chi connectivity index (χ4v) is 4.31. The molecule has 8 heteroatoms.